The second-order valence-corrected chi connectivity index (χ2v) is 11.4. The SMILES string of the molecule is CC(C)c1nc2c(c(-c3ccc(F)cc3)c1/C=C/[C@@H](O)C[C@@H](O)CC(=O)O)Cc1cc(NC(=O)NCCCO)ccc1CC2. The fourth-order valence-corrected chi connectivity index (χ4v) is 5.52. The van der Waals surface area contributed by atoms with E-state index in [1.54, 1.807) is 18.2 Å². The topological polar surface area (TPSA) is 152 Å². The van der Waals surface area contributed by atoms with E-state index in [2.05, 4.69) is 10.6 Å². The first-order valence-electron chi connectivity index (χ1n) is 14.9. The number of benzene rings is 2. The van der Waals surface area contributed by atoms with Gasteiger partial charge in [-0.2, -0.15) is 0 Å². The average molecular weight is 606 g/mol. The van der Waals surface area contributed by atoms with E-state index in [-0.39, 0.29) is 30.8 Å². The van der Waals surface area contributed by atoms with Crippen molar-refractivity contribution in [3.63, 3.8) is 0 Å². The van der Waals surface area contributed by atoms with E-state index in [0.29, 0.717) is 31.5 Å². The molecule has 2 aromatic carbocycles. The molecular formula is C34H40FN3O6. The molecule has 0 saturated heterocycles. The molecule has 44 heavy (non-hydrogen) atoms. The van der Waals surface area contributed by atoms with Crippen molar-refractivity contribution in [3.05, 3.63) is 88.0 Å². The zero-order valence-corrected chi connectivity index (χ0v) is 25.0. The van der Waals surface area contributed by atoms with Crippen LogP contribution in [0.4, 0.5) is 14.9 Å². The van der Waals surface area contributed by atoms with Crippen molar-refractivity contribution >= 4 is 23.8 Å². The van der Waals surface area contributed by atoms with Crippen LogP contribution in [0.3, 0.4) is 0 Å². The minimum absolute atomic E-state index is 0.00963. The van der Waals surface area contributed by atoms with Crippen LogP contribution in [0.15, 0.2) is 48.5 Å². The number of hydrogen-bond acceptors (Lipinski definition) is 6. The highest BCUT2D eigenvalue weighted by molar-refractivity contribution is 5.89. The lowest BCUT2D eigenvalue weighted by Crippen LogP contribution is -2.29. The molecule has 6 N–H and O–H groups in total. The number of carbonyl (C=O) groups excluding carboxylic acids is 1. The first kappa shape index (κ1) is 32.8. The summed E-state index contributed by atoms with van der Waals surface area (Å²) in [5.74, 6) is -1.50. The second kappa shape index (κ2) is 15.1. The Morgan fingerprint density at radius 3 is 2.50 bits per heavy atom. The number of hydrogen-bond donors (Lipinski definition) is 6. The predicted octanol–water partition coefficient (Wildman–Crippen LogP) is 4.80. The predicted molar refractivity (Wildman–Crippen MR) is 167 cm³/mol. The number of nitrogens with zero attached hydrogens (tertiary/aromatic N) is 1. The number of nitrogens with one attached hydrogen (secondary N) is 2. The van der Waals surface area contributed by atoms with E-state index in [1.165, 1.54) is 18.2 Å². The van der Waals surface area contributed by atoms with Crippen LogP contribution in [-0.4, -0.2) is 62.8 Å². The molecule has 0 fully saturated rings. The highest BCUT2D eigenvalue weighted by Crippen LogP contribution is 2.39. The van der Waals surface area contributed by atoms with Crippen LogP contribution in [0.2, 0.25) is 0 Å². The lowest BCUT2D eigenvalue weighted by atomic mass is 9.86. The van der Waals surface area contributed by atoms with Crippen LogP contribution < -0.4 is 10.6 Å². The molecule has 234 valence electrons. The molecule has 0 spiro atoms. The quantitative estimate of drug-likeness (QED) is 0.162. The number of halogens is 1. The summed E-state index contributed by atoms with van der Waals surface area (Å²) in [4.78, 5) is 28.4. The molecule has 1 heterocycles. The third-order valence-corrected chi connectivity index (χ3v) is 7.62. The molecule has 1 aliphatic carbocycles. The molecule has 4 rings (SSSR count). The van der Waals surface area contributed by atoms with Gasteiger partial charge in [0.1, 0.15) is 5.82 Å². The standard InChI is InChI=1S/C34H40FN3O6/c1-20(2)33-28(12-11-26(40)18-27(41)19-31(42)43)32(22-4-8-24(35)9-5-22)29-17-23-16-25(37-34(44)36-14-3-15-39)10-6-21(23)7-13-30(29)38-33/h4-6,8-12,16,20,26-27,39-41H,3,7,13-15,17-19H2,1-2H3,(H,42,43)(H2,36,37,44)/b12-11+/t26-,27-/m1/s1. The molecule has 0 aliphatic heterocycles. The number of rotatable bonds is 12. The van der Waals surface area contributed by atoms with Gasteiger partial charge in [-0.15, -0.1) is 0 Å². The molecule has 1 aliphatic rings. The summed E-state index contributed by atoms with van der Waals surface area (Å²) >= 11 is 0. The van der Waals surface area contributed by atoms with E-state index in [9.17, 15) is 24.2 Å². The molecule has 1 aromatic heterocycles. The number of amides is 2. The van der Waals surface area contributed by atoms with Crippen molar-refractivity contribution in [2.24, 2.45) is 0 Å². The molecule has 3 aromatic rings. The number of pyridine rings is 1. The van der Waals surface area contributed by atoms with Gasteiger partial charge in [0.15, 0.2) is 0 Å². The Hall–Kier alpha value is -4.12. The summed E-state index contributed by atoms with van der Waals surface area (Å²) < 4.78 is 14.0. The number of urea groups is 1. The van der Waals surface area contributed by atoms with Crippen molar-refractivity contribution < 1.29 is 34.4 Å². The summed E-state index contributed by atoms with van der Waals surface area (Å²) in [6.45, 7) is 4.41. The second-order valence-electron chi connectivity index (χ2n) is 11.4. The molecular weight excluding hydrogens is 565 g/mol. The van der Waals surface area contributed by atoms with Gasteiger partial charge in [-0.3, -0.25) is 9.78 Å². The van der Waals surface area contributed by atoms with E-state index >= 15 is 0 Å². The largest absolute Gasteiger partial charge is 0.481 e. The number of carboxylic acids is 1. The van der Waals surface area contributed by atoms with Crippen LogP contribution >= 0.6 is 0 Å². The minimum Gasteiger partial charge on any atom is -0.481 e. The number of aromatic nitrogens is 1. The van der Waals surface area contributed by atoms with Crippen molar-refractivity contribution in [2.75, 3.05) is 18.5 Å². The Balaban J connectivity index is 1.78. The summed E-state index contributed by atoms with van der Waals surface area (Å²) in [6.07, 6.45) is 2.79. The van der Waals surface area contributed by atoms with Gasteiger partial charge in [-0.05, 0) is 77.3 Å². The highest BCUT2D eigenvalue weighted by Gasteiger charge is 2.25. The van der Waals surface area contributed by atoms with E-state index in [1.807, 2.05) is 32.0 Å². The minimum atomic E-state index is -1.20. The fourth-order valence-electron chi connectivity index (χ4n) is 5.52. The van der Waals surface area contributed by atoms with Crippen molar-refractivity contribution in [1.29, 1.82) is 0 Å². The van der Waals surface area contributed by atoms with Crippen LogP contribution in [0.5, 0.6) is 0 Å². The number of carbonyl (C=O) groups is 2. The maximum Gasteiger partial charge on any atom is 0.319 e. The highest BCUT2D eigenvalue weighted by atomic mass is 19.1. The van der Waals surface area contributed by atoms with Crippen LogP contribution in [0.25, 0.3) is 17.2 Å². The first-order valence-corrected chi connectivity index (χ1v) is 14.9. The molecule has 0 saturated carbocycles. The average Bonchev–Trinajstić information content (AvgIpc) is 3.14. The Morgan fingerprint density at radius 2 is 1.82 bits per heavy atom. The number of anilines is 1. The molecule has 0 unspecified atom stereocenters. The first-order chi connectivity index (χ1) is 21.0. The summed E-state index contributed by atoms with van der Waals surface area (Å²) in [5, 5.41) is 44.2. The number of fused-ring (bicyclic) bond motifs is 2. The normalized spacial score (nSPS) is 14.1. The van der Waals surface area contributed by atoms with Crippen LogP contribution in [0, 0.1) is 5.82 Å². The summed E-state index contributed by atoms with van der Waals surface area (Å²) in [5.41, 5.74) is 7.89. The molecule has 9 nitrogen and oxygen atoms in total. The van der Waals surface area contributed by atoms with Gasteiger partial charge in [0, 0.05) is 42.9 Å². The zero-order chi connectivity index (χ0) is 31.8. The van der Waals surface area contributed by atoms with E-state index in [0.717, 1.165) is 51.2 Å². The Bertz CT molecular complexity index is 1510. The maximum atomic E-state index is 14.0. The van der Waals surface area contributed by atoms with Gasteiger partial charge < -0.3 is 31.1 Å². The van der Waals surface area contributed by atoms with Gasteiger partial charge >= 0.3 is 12.0 Å². The molecule has 0 radical (unpaired) electrons. The van der Waals surface area contributed by atoms with Crippen LogP contribution in [-0.2, 0) is 24.1 Å². The summed E-state index contributed by atoms with van der Waals surface area (Å²) in [6, 6.07) is 11.7. The fraction of sp³-hybridized carbons (Fsp3) is 0.382. The molecule has 10 heteroatoms. The smallest absolute Gasteiger partial charge is 0.319 e. The van der Waals surface area contributed by atoms with Gasteiger partial charge in [-0.1, -0.05) is 44.2 Å². The zero-order valence-electron chi connectivity index (χ0n) is 25.0. The van der Waals surface area contributed by atoms with Crippen LogP contribution in [0.1, 0.15) is 72.7 Å². The Labute approximate surface area is 256 Å². The third kappa shape index (κ3) is 8.49. The van der Waals surface area contributed by atoms with Gasteiger partial charge in [0.05, 0.1) is 24.3 Å². The van der Waals surface area contributed by atoms with E-state index in [4.69, 9.17) is 15.2 Å². The summed E-state index contributed by atoms with van der Waals surface area (Å²) in [7, 11) is 0. The number of aliphatic carboxylic acids is 1. The third-order valence-electron chi connectivity index (χ3n) is 7.62. The maximum absolute atomic E-state index is 14.0. The molecule has 2 atom stereocenters. The number of aryl methyl sites for hydroxylation is 2. The van der Waals surface area contributed by atoms with Gasteiger partial charge in [0.2, 0.25) is 0 Å². The van der Waals surface area contributed by atoms with E-state index < -0.39 is 24.6 Å². The molecule has 2 amide bonds. The lowest BCUT2D eigenvalue weighted by Gasteiger charge is -2.22. The Kier molecular flexibility index (Phi) is 11.2. The van der Waals surface area contributed by atoms with Gasteiger partial charge in [-0.25, -0.2) is 9.18 Å². The molecule has 0 bridgehead atoms. The van der Waals surface area contributed by atoms with Crippen molar-refractivity contribution in [1.82, 2.24) is 10.3 Å². The van der Waals surface area contributed by atoms with Crippen molar-refractivity contribution in [2.45, 2.75) is 70.5 Å². The monoisotopic (exact) mass is 605 g/mol. The lowest BCUT2D eigenvalue weighted by molar-refractivity contribution is -0.139. The number of aliphatic hydroxyl groups excluding tert-OH is 3. The van der Waals surface area contributed by atoms with Gasteiger partial charge in [0.25, 0.3) is 0 Å². The van der Waals surface area contributed by atoms with Crippen molar-refractivity contribution in [3.8, 4) is 11.1 Å². The number of carboxylic acid groups (broad SMARTS) is 1. The Morgan fingerprint density at radius 1 is 1.07 bits per heavy atom. The number of aliphatic hydroxyl groups is 3.